The van der Waals surface area contributed by atoms with Crippen LogP contribution < -0.4 is 0 Å². The lowest BCUT2D eigenvalue weighted by Crippen LogP contribution is -1.77. The van der Waals surface area contributed by atoms with Gasteiger partial charge in [-0.25, -0.2) is 0 Å². The van der Waals surface area contributed by atoms with Gasteiger partial charge < -0.3 is 4.98 Å². The molecule has 0 atom stereocenters. The Morgan fingerprint density at radius 2 is 2.56 bits per heavy atom. The molecule has 1 nitrogen and oxygen atoms in total. The average molecular weight is 119 g/mol. The number of hydrogen-bond donors (Lipinski definition) is 1. The van der Waals surface area contributed by atoms with E-state index in [1.807, 2.05) is 25.3 Å². The van der Waals surface area contributed by atoms with Crippen LogP contribution in [0, 0.1) is 11.8 Å². The van der Waals surface area contributed by atoms with Crippen LogP contribution in [0.5, 0.6) is 0 Å². The molecule has 0 fully saturated rings. The van der Waals surface area contributed by atoms with Crippen molar-refractivity contribution in [3.63, 3.8) is 0 Å². The zero-order valence-electron chi connectivity index (χ0n) is 5.44. The Hall–Kier alpha value is -1.16. The van der Waals surface area contributed by atoms with Crippen molar-refractivity contribution in [2.24, 2.45) is 0 Å². The summed E-state index contributed by atoms with van der Waals surface area (Å²) in [6.45, 7) is 1.85. The van der Waals surface area contributed by atoms with Gasteiger partial charge in [-0.15, -0.1) is 5.92 Å². The summed E-state index contributed by atoms with van der Waals surface area (Å²) >= 11 is 0. The van der Waals surface area contributed by atoms with Gasteiger partial charge in [0, 0.05) is 18.3 Å². The highest BCUT2D eigenvalue weighted by Gasteiger charge is 1.84. The van der Waals surface area contributed by atoms with Gasteiger partial charge in [-0.05, 0) is 19.1 Å². The summed E-state index contributed by atoms with van der Waals surface area (Å²) < 4.78 is 0. The van der Waals surface area contributed by atoms with E-state index < -0.39 is 0 Å². The van der Waals surface area contributed by atoms with Crippen LogP contribution in [0.3, 0.4) is 0 Å². The number of aromatic amines is 1. The molecule has 0 radical (unpaired) electrons. The lowest BCUT2D eigenvalue weighted by Gasteiger charge is -1.82. The van der Waals surface area contributed by atoms with E-state index in [1.165, 1.54) is 5.69 Å². The second-order valence-corrected chi connectivity index (χ2v) is 1.80. The summed E-state index contributed by atoms with van der Waals surface area (Å²) in [7, 11) is 0. The van der Waals surface area contributed by atoms with E-state index in [4.69, 9.17) is 0 Å². The Labute approximate surface area is 55.1 Å². The Balaban J connectivity index is 2.54. The lowest BCUT2D eigenvalue weighted by atomic mass is 10.3. The van der Waals surface area contributed by atoms with E-state index in [0.717, 1.165) is 6.42 Å². The molecule has 1 heterocycles. The van der Waals surface area contributed by atoms with Crippen molar-refractivity contribution in [1.29, 1.82) is 0 Å². The van der Waals surface area contributed by atoms with Crippen molar-refractivity contribution in [1.82, 2.24) is 4.98 Å². The van der Waals surface area contributed by atoms with Crippen LogP contribution in [0.4, 0.5) is 0 Å². The largest absolute Gasteiger partial charge is 0.364 e. The van der Waals surface area contributed by atoms with Crippen LogP contribution in [0.25, 0.3) is 0 Å². The van der Waals surface area contributed by atoms with Crippen molar-refractivity contribution in [2.45, 2.75) is 13.3 Å². The number of H-pyrrole nitrogens is 1. The Morgan fingerprint density at radius 3 is 3.11 bits per heavy atom. The molecule has 1 rings (SSSR count). The number of aromatic nitrogens is 1. The molecule has 0 amide bonds. The maximum absolute atomic E-state index is 3.07. The van der Waals surface area contributed by atoms with Crippen molar-refractivity contribution in [3.8, 4) is 11.8 Å². The predicted octanol–water partition coefficient (Wildman–Crippen LogP) is 1.58. The molecule has 0 aliphatic carbocycles. The van der Waals surface area contributed by atoms with Gasteiger partial charge in [-0.3, -0.25) is 0 Å². The zero-order valence-corrected chi connectivity index (χ0v) is 5.44. The molecular weight excluding hydrogens is 110 g/mol. The minimum Gasteiger partial charge on any atom is -0.364 e. The van der Waals surface area contributed by atoms with Crippen LogP contribution in [-0.2, 0) is 6.42 Å². The Kier molecular flexibility index (Phi) is 1.98. The molecule has 0 aromatic carbocycles. The van der Waals surface area contributed by atoms with E-state index >= 15 is 0 Å². The highest BCUT2D eigenvalue weighted by atomic mass is 14.7. The SMILES string of the molecule is CC#CCc1ccc[nH]1. The van der Waals surface area contributed by atoms with Crippen molar-refractivity contribution in [2.75, 3.05) is 0 Å². The van der Waals surface area contributed by atoms with Crippen LogP contribution in [0.2, 0.25) is 0 Å². The molecule has 0 saturated heterocycles. The standard InChI is InChI=1S/C8H9N/c1-2-3-5-8-6-4-7-9-8/h4,6-7,9H,5H2,1H3. The summed E-state index contributed by atoms with van der Waals surface area (Å²) in [5.41, 5.74) is 1.18. The van der Waals surface area contributed by atoms with Gasteiger partial charge >= 0.3 is 0 Å². The molecule has 0 aliphatic heterocycles. The first-order valence-electron chi connectivity index (χ1n) is 2.95. The molecule has 9 heavy (non-hydrogen) atoms. The fourth-order valence-corrected chi connectivity index (χ4v) is 0.661. The first-order chi connectivity index (χ1) is 4.43. The van der Waals surface area contributed by atoms with Crippen molar-refractivity contribution < 1.29 is 0 Å². The number of hydrogen-bond acceptors (Lipinski definition) is 0. The molecule has 1 aromatic rings. The van der Waals surface area contributed by atoms with E-state index in [9.17, 15) is 0 Å². The molecule has 1 heteroatoms. The van der Waals surface area contributed by atoms with E-state index in [1.54, 1.807) is 0 Å². The topological polar surface area (TPSA) is 15.8 Å². The molecule has 0 saturated carbocycles. The molecule has 1 N–H and O–H groups in total. The lowest BCUT2D eigenvalue weighted by molar-refractivity contribution is 1.18. The number of nitrogens with one attached hydrogen (secondary N) is 1. The normalized spacial score (nSPS) is 8.11. The molecule has 0 bridgehead atoms. The minimum atomic E-state index is 0.837. The summed E-state index contributed by atoms with van der Waals surface area (Å²) in [5, 5.41) is 0. The predicted molar refractivity (Wildman–Crippen MR) is 37.9 cm³/mol. The Bertz CT molecular complexity index is 210. The summed E-state index contributed by atoms with van der Waals surface area (Å²) in [6, 6.07) is 4.01. The summed E-state index contributed by atoms with van der Waals surface area (Å²) in [6.07, 6.45) is 2.75. The second kappa shape index (κ2) is 2.99. The third-order valence-electron chi connectivity index (χ3n) is 1.12. The fourth-order valence-electron chi connectivity index (χ4n) is 0.661. The maximum Gasteiger partial charge on any atom is 0.0491 e. The zero-order chi connectivity index (χ0) is 6.53. The van der Waals surface area contributed by atoms with Crippen LogP contribution in [0.1, 0.15) is 12.6 Å². The van der Waals surface area contributed by atoms with Crippen molar-refractivity contribution in [3.05, 3.63) is 24.0 Å². The summed E-state index contributed by atoms with van der Waals surface area (Å²) in [5.74, 6) is 5.81. The average Bonchev–Trinajstić information content (AvgIpc) is 2.34. The molecule has 1 aromatic heterocycles. The van der Waals surface area contributed by atoms with Gasteiger partial charge in [0.05, 0.1) is 0 Å². The Morgan fingerprint density at radius 1 is 1.67 bits per heavy atom. The quantitative estimate of drug-likeness (QED) is 0.540. The van der Waals surface area contributed by atoms with Gasteiger partial charge in [0.1, 0.15) is 0 Å². The highest BCUT2D eigenvalue weighted by molar-refractivity contribution is 5.12. The summed E-state index contributed by atoms with van der Waals surface area (Å²) in [4.78, 5) is 3.07. The molecular formula is C8H9N. The van der Waals surface area contributed by atoms with Crippen LogP contribution >= 0.6 is 0 Å². The first kappa shape index (κ1) is 5.97. The first-order valence-corrected chi connectivity index (χ1v) is 2.95. The van der Waals surface area contributed by atoms with Gasteiger partial charge in [-0.2, -0.15) is 0 Å². The van der Waals surface area contributed by atoms with E-state index in [2.05, 4.69) is 16.8 Å². The minimum absolute atomic E-state index is 0.837. The molecule has 0 spiro atoms. The van der Waals surface area contributed by atoms with Crippen LogP contribution in [0.15, 0.2) is 18.3 Å². The smallest absolute Gasteiger partial charge is 0.0491 e. The van der Waals surface area contributed by atoms with E-state index in [0.29, 0.717) is 0 Å². The third kappa shape index (κ3) is 1.65. The number of rotatable bonds is 1. The van der Waals surface area contributed by atoms with Crippen molar-refractivity contribution >= 4 is 0 Å². The molecule has 0 aliphatic rings. The third-order valence-corrected chi connectivity index (χ3v) is 1.12. The fraction of sp³-hybridized carbons (Fsp3) is 0.250. The van der Waals surface area contributed by atoms with Crippen LogP contribution in [-0.4, -0.2) is 4.98 Å². The van der Waals surface area contributed by atoms with Gasteiger partial charge in [-0.1, -0.05) is 5.92 Å². The van der Waals surface area contributed by atoms with Gasteiger partial charge in [0.2, 0.25) is 0 Å². The maximum atomic E-state index is 3.07. The van der Waals surface area contributed by atoms with E-state index in [-0.39, 0.29) is 0 Å². The second-order valence-electron chi connectivity index (χ2n) is 1.80. The highest BCUT2D eigenvalue weighted by Crippen LogP contribution is 1.92. The van der Waals surface area contributed by atoms with Gasteiger partial charge in [0.25, 0.3) is 0 Å². The monoisotopic (exact) mass is 119 g/mol. The molecule has 0 unspecified atom stereocenters. The van der Waals surface area contributed by atoms with Gasteiger partial charge in [0.15, 0.2) is 0 Å². The molecule has 46 valence electrons.